The summed E-state index contributed by atoms with van der Waals surface area (Å²) in [4.78, 5) is 11.6. The lowest BCUT2D eigenvalue weighted by atomic mass is 10.1. The Kier molecular flexibility index (Phi) is 1.62. The van der Waals surface area contributed by atoms with Crippen LogP contribution >= 0.6 is 0 Å². The molecular weight excluding hydrogens is 188 g/mol. The lowest BCUT2D eigenvalue weighted by molar-refractivity contribution is 0.606. The van der Waals surface area contributed by atoms with E-state index < -0.39 is 0 Å². The van der Waals surface area contributed by atoms with Gasteiger partial charge in [0.2, 0.25) is 0 Å². The highest BCUT2D eigenvalue weighted by molar-refractivity contribution is 6.03. The van der Waals surface area contributed by atoms with Crippen LogP contribution in [0.25, 0.3) is 21.7 Å². The van der Waals surface area contributed by atoms with Crippen LogP contribution in [0, 0.1) is 0 Å². The molecule has 1 heterocycles. The van der Waals surface area contributed by atoms with Gasteiger partial charge in [-0.3, -0.25) is 4.79 Å². The normalized spacial score (nSPS) is 10.9. The van der Waals surface area contributed by atoms with Crippen LogP contribution in [0.5, 0.6) is 0 Å². The van der Waals surface area contributed by atoms with E-state index in [1.807, 2.05) is 36.4 Å². The molecule has 0 radical (unpaired) electrons. The molecule has 0 aliphatic rings. The molecule has 0 N–H and O–H groups in total. The Balaban J connectivity index is 2.67. The van der Waals surface area contributed by atoms with Crippen molar-refractivity contribution in [2.75, 3.05) is 0 Å². The van der Waals surface area contributed by atoms with E-state index in [0.29, 0.717) is 11.0 Å². The van der Waals surface area contributed by atoms with E-state index in [2.05, 4.69) is 0 Å². The minimum atomic E-state index is 0.00185. The molecule has 2 heteroatoms. The highest BCUT2D eigenvalue weighted by atomic mass is 16.3. The quantitative estimate of drug-likeness (QED) is 0.517. The predicted octanol–water partition coefficient (Wildman–Crippen LogP) is 2.95. The van der Waals surface area contributed by atoms with Gasteiger partial charge in [0.05, 0.1) is 11.6 Å². The van der Waals surface area contributed by atoms with Crippen molar-refractivity contribution >= 4 is 21.7 Å². The maximum atomic E-state index is 11.6. The maximum absolute atomic E-state index is 11.6. The van der Waals surface area contributed by atoms with E-state index in [4.69, 9.17) is 4.42 Å². The lowest BCUT2D eigenvalue weighted by Crippen LogP contribution is -1.97. The minimum absolute atomic E-state index is 0.00185. The molecule has 0 bridgehead atoms. The summed E-state index contributed by atoms with van der Waals surface area (Å²) in [6, 6.07) is 13.1. The summed E-state index contributed by atoms with van der Waals surface area (Å²) in [6.07, 6.45) is 1.44. The molecule has 3 aromatic rings. The van der Waals surface area contributed by atoms with Gasteiger partial charge >= 0.3 is 0 Å². The fraction of sp³-hybridized carbons (Fsp3) is 0. The number of hydrogen-bond acceptors (Lipinski definition) is 2. The highest BCUT2D eigenvalue weighted by Gasteiger charge is 2.03. The molecule has 0 saturated heterocycles. The third kappa shape index (κ3) is 1.15. The van der Waals surface area contributed by atoms with Gasteiger partial charge in [0.25, 0.3) is 0 Å². The summed E-state index contributed by atoms with van der Waals surface area (Å²) < 4.78 is 5.41. The second-order valence-corrected chi connectivity index (χ2v) is 3.45. The highest BCUT2D eigenvalue weighted by Crippen LogP contribution is 2.22. The smallest absolute Gasteiger partial charge is 0.192 e. The first-order chi connectivity index (χ1) is 7.36. The van der Waals surface area contributed by atoms with Gasteiger partial charge in [-0.25, -0.2) is 0 Å². The summed E-state index contributed by atoms with van der Waals surface area (Å²) in [7, 11) is 0. The van der Waals surface area contributed by atoms with Crippen molar-refractivity contribution in [3.63, 3.8) is 0 Å². The van der Waals surface area contributed by atoms with Crippen molar-refractivity contribution in [1.82, 2.24) is 0 Å². The Hall–Kier alpha value is -2.09. The second kappa shape index (κ2) is 2.95. The lowest BCUT2D eigenvalue weighted by Gasteiger charge is -2.00. The predicted molar refractivity (Wildman–Crippen MR) is 60.0 cm³/mol. The van der Waals surface area contributed by atoms with E-state index in [1.165, 1.54) is 12.3 Å². The minimum Gasteiger partial charge on any atom is -0.463 e. The Morgan fingerprint density at radius 2 is 1.73 bits per heavy atom. The first-order valence-corrected chi connectivity index (χ1v) is 4.75. The van der Waals surface area contributed by atoms with Crippen molar-refractivity contribution in [1.29, 1.82) is 0 Å². The van der Waals surface area contributed by atoms with Gasteiger partial charge in [-0.1, -0.05) is 30.3 Å². The fourth-order valence-electron chi connectivity index (χ4n) is 1.82. The number of rotatable bonds is 0. The molecule has 3 rings (SSSR count). The van der Waals surface area contributed by atoms with Crippen molar-refractivity contribution in [3.8, 4) is 0 Å². The van der Waals surface area contributed by atoms with Gasteiger partial charge in [0, 0.05) is 11.5 Å². The summed E-state index contributed by atoms with van der Waals surface area (Å²) >= 11 is 0. The Bertz CT molecular complexity index is 695. The van der Waals surface area contributed by atoms with Crippen LogP contribution in [0.15, 0.2) is 57.9 Å². The molecule has 1 aromatic heterocycles. The zero-order chi connectivity index (χ0) is 10.3. The third-order valence-electron chi connectivity index (χ3n) is 2.55. The molecule has 0 atom stereocenters. The average Bonchev–Trinajstić information content (AvgIpc) is 2.29. The third-order valence-corrected chi connectivity index (χ3v) is 2.55. The van der Waals surface area contributed by atoms with E-state index in [0.717, 1.165) is 10.8 Å². The summed E-state index contributed by atoms with van der Waals surface area (Å²) in [5, 5.41) is 2.70. The molecule has 15 heavy (non-hydrogen) atoms. The number of fused-ring (bicyclic) bond motifs is 3. The monoisotopic (exact) mass is 196 g/mol. The van der Waals surface area contributed by atoms with Crippen LogP contribution in [-0.4, -0.2) is 0 Å². The van der Waals surface area contributed by atoms with Gasteiger partial charge < -0.3 is 4.42 Å². The van der Waals surface area contributed by atoms with Crippen LogP contribution < -0.4 is 5.43 Å². The molecule has 0 unspecified atom stereocenters. The van der Waals surface area contributed by atoms with Gasteiger partial charge in [0.1, 0.15) is 5.58 Å². The summed E-state index contributed by atoms with van der Waals surface area (Å²) in [5.41, 5.74) is 0.669. The van der Waals surface area contributed by atoms with E-state index in [-0.39, 0.29) is 5.43 Å². The molecule has 0 fully saturated rings. The van der Waals surface area contributed by atoms with Gasteiger partial charge in [-0.2, -0.15) is 0 Å². The van der Waals surface area contributed by atoms with Crippen molar-refractivity contribution in [2.24, 2.45) is 0 Å². The van der Waals surface area contributed by atoms with Crippen LogP contribution in [0.4, 0.5) is 0 Å². The Labute approximate surface area is 85.8 Å². The SMILES string of the molecule is O=c1ccoc2c1ccc1ccccc12. The van der Waals surface area contributed by atoms with Gasteiger partial charge in [-0.15, -0.1) is 0 Å². The standard InChI is InChI=1S/C13H8O2/c14-12-7-8-15-13-10-4-2-1-3-9(10)5-6-11(12)13/h1-8H. The first kappa shape index (κ1) is 8.24. The first-order valence-electron chi connectivity index (χ1n) is 4.75. The molecule has 0 aliphatic heterocycles. The van der Waals surface area contributed by atoms with Gasteiger partial charge in [0.15, 0.2) is 5.43 Å². The van der Waals surface area contributed by atoms with Crippen LogP contribution in [0.1, 0.15) is 0 Å². The van der Waals surface area contributed by atoms with Crippen LogP contribution in [0.3, 0.4) is 0 Å². The van der Waals surface area contributed by atoms with Crippen molar-refractivity contribution in [3.05, 3.63) is 59.0 Å². The van der Waals surface area contributed by atoms with E-state index in [9.17, 15) is 4.79 Å². The zero-order valence-electron chi connectivity index (χ0n) is 7.94. The molecule has 0 aliphatic carbocycles. The van der Waals surface area contributed by atoms with Crippen molar-refractivity contribution in [2.45, 2.75) is 0 Å². The topological polar surface area (TPSA) is 30.2 Å². The average molecular weight is 196 g/mol. The zero-order valence-corrected chi connectivity index (χ0v) is 7.94. The van der Waals surface area contributed by atoms with E-state index in [1.54, 1.807) is 0 Å². The molecule has 0 saturated carbocycles. The summed E-state index contributed by atoms with van der Waals surface area (Å²) in [5.74, 6) is 0. The molecule has 0 amide bonds. The Morgan fingerprint density at radius 1 is 0.867 bits per heavy atom. The van der Waals surface area contributed by atoms with E-state index >= 15 is 0 Å². The number of benzene rings is 2. The molecule has 0 spiro atoms. The largest absolute Gasteiger partial charge is 0.463 e. The Morgan fingerprint density at radius 3 is 2.67 bits per heavy atom. The van der Waals surface area contributed by atoms with Crippen LogP contribution in [-0.2, 0) is 0 Å². The van der Waals surface area contributed by atoms with Crippen LogP contribution in [0.2, 0.25) is 0 Å². The maximum Gasteiger partial charge on any atom is 0.192 e. The summed E-state index contributed by atoms with van der Waals surface area (Å²) in [6.45, 7) is 0. The molecule has 2 aromatic carbocycles. The molecule has 2 nitrogen and oxygen atoms in total. The van der Waals surface area contributed by atoms with Crippen molar-refractivity contribution < 1.29 is 4.42 Å². The number of hydrogen-bond donors (Lipinski definition) is 0. The molecular formula is C13H8O2. The molecule has 72 valence electrons. The second-order valence-electron chi connectivity index (χ2n) is 3.45. The fourth-order valence-corrected chi connectivity index (χ4v) is 1.82. The van der Waals surface area contributed by atoms with Gasteiger partial charge in [-0.05, 0) is 11.5 Å².